The summed E-state index contributed by atoms with van der Waals surface area (Å²) in [6, 6.07) is 0.166. The van der Waals surface area contributed by atoms with Gasteiger partial charge < -0.3 is 5.32 Å². The Kier molecular flexibility index (Phi) is 13.5. The molecule has 0 bridgehead atoms. The number of carbonyl (C=O) groups is 1. The zero-order valence-corrected chi connectivity index (χ0v) is 9.81. The predicted octanol–water partition coefficient (Wildman–Crippen LogP) is 2.77. The molecule has 1 rings (SSSR count). The number of piperidine rings is 1. The second-order valence-electron chi connectivity index (χ2n) is 2.61. The van der Waals surface area contributed by atoms with Crippen LogP contribution in [0.25, 0.3) is 0 Å². The lowest BCUT2D eigenvalue weighted by atomic mass is 10.0. The summed E-state index contributed by atoms with van der Waals surface area (Å²) in [5.74, 6) is 0.287. The predicted molar refractivity (Wildman–Crippen MR) is 59.0 cm³/mol. The van der Waals surface area contributed by atoms with Crippen molar-refractivity contribution in [3.63, 3.8) is 0 Å². The van der Waals surface area contributed by atoms with Crippen LogP contribution in [0.2, 0.25) is 0 Å². The topological polar surface area (TPSA) is 29.1 Å². The van der Waals surface area contributed by atoms with Gasteiger partial charge in [0.15, 0.2) is 0 Å². The molecule has 0 aromatic rings. The van der Waals surface area contributed by atoms with Gasteiger partial charge in [-0.15, -0.1) is 0 Å². The molecule has 1 heterocycles. The highest BCUT2D eigenvalue weighted by atomic mass is 16.1. The lowest BCUT2D eigenvalue weighted by Crippen LogP contribution is -2.38. The van der Waals surface area contributed by atoms with Crippen molar-refractivity contribution in [1.82, 2.24) is 5.32 Å². The Morgan fingerprint density at radius 2 is 1.69 bits per heavy atom. The minimum absolute atomic E-state index is 0.166. The second-order valence-corrected chi connectivity index (χ2v) is 2.61. The van der Waals surface area contributed by atoms with Gasteiger partial charge in [-0.3, -0.25) is 4.79 Å². The summed E-state index contributed by atoms with van der Waals surface area (Å²) in [5.41, 5.74) is 0. The summed E-state index contributed by atoms with van der Waals surface area (Å²) in [4.78, 5) is 10.7. The standard InChI is InChI=1S/C7H13NO.2C2H6/c1-6(9)7-4-2-3-5-8-7;2*1-2/h7-8H,2-5H2,1H3;2*1-2H3. The summed E-state index contributed by atoms with van der Waals surface area (Å²) in [7, 11) is 0. The second kappa shape index (κ2) is 11.6. The smallest absolute Gasteiger partial charge is 0.146 e. The van der Waals surface area contributed by atoms with Crippen LogP contribution in [-0.2, 0) is 4.79 Å². The molecule has 80 valence electrons. The minimum Gasteiger partial charge on any atom is -0.307 e. The van der Waals surface area contributed by atoms with Gasteiger partial charge in [-0.05, 0) is 26.3 Å². The SMILES string of the molecule is CC.CC.CC(=O)C1CCCCN1. The van der Waals surface area contributed by atoms with Crippen molar-refractivity contribution in [1.29, 1.82) is 0 Å². The highest BCUT2D eigenvalue weighted by molar-refractivity contribution is 5.81. The van der Waals surface area contributed by atoms with Crippen LogP contribution in [0.1, 0.15) is 53.9 Å². The number of Topliss-reactive ketones (excluding diaryl/α,β-unsaturated/α-hetero) is 1. The summed E-state index contributed by atoms with van der Waals surface area (Å²) in [6.07, 6.45) is 3.47. The summed E-state index contributed by atoms with van der Waals surface area (Å²) < 4.78 is 0. The van der Waals surface area contributed by atoms with E-state index in [4.69, 9.17) is 0 Å². The lowest BCUT2D eigenvalue weighted by Gasteiger charge is -2.20. The molecule has 13 heavy (non-hydrogen) atoms. The molecule has 1 aliphatic heterocycles. The molecule has 2 heteroatoms. The number of ketones is 1. The lowest BCUT2D eigenvalue weighted by molar-refractivity contribution is -0.119. The molecule has 1 aliphatic rings. The van der Waals surface area contributed by atoms with Crippen LogP contribution in [0.15, 0.2) is 0 Å². The highest BCUT2D eigenvalue weighted by Crippen LogP contribution is 2.06. The van der Waals surface area contributed by atoms with Gasteiger partial charge in [-0.25, -0.2) is 0 Å². The largest absolute Gasteiger partial charge is 0.307 e. The van der Waals surface area contributed by atoms with Crippen molar-refractivity contribution in [2.45, 2.75) is 59.9 Å². The van der Waals surface area contributed by atoms with Crippen molar-refractivity contribution < 1.29 is 4.79 Å². The maximum absolute atomic E-state index is 10.7. The quantitative estimate of drug-likeness (QED) is 0.684. The van der Waals surface area contributed by atoms with E-state index in [0.717, 1.165) is 13.0 Å². The van der Waals surface area contributed by atoms with Crippen molar-refractivity contribution >= 4 is 5.78 Å². The summed E-state index contributed by atoms with van der Waals surface area (Å²) >= 11 is 0. The van der Waals surface area contributed by atoms with E-state index in [1.165, 1.54) is 12.8 Å². The Balaban J connectivity index is 0. The molecule has 0 aromatic carbocycles. The number of carbonyl (C=O) groups excluding carboxylic acids is 1. The number of rotatable bonds is 1. The Morgan fingerprint density at radius 3 is 1.92 bits per heavy atom. The average molecular weight is 187 g/mol. The van der Waals surface area contributed by atoms with Crippen LogP contribution in [0.5, 0.6) is 0 Å². The molecule has 0 radical (unpaired) electrons. The normalized spacial score (nSPS) is 20.2. The van der Waals surface area contributed by atoms with Gasteiger partial charge in [0.1, 0.15) is 5.78 Å². The van der Waals surface area contributed by atoms with E-state index < -0.39 is 0 Å². The van der Waals surface area contributed by atoms with Crippen LogP contribution in [0.3, 0.4) is 0 Å². The Hall–Kier alpha value is -0.370. The number of hydrogen-bond acceptors (Lipinski definition) is 2. The van der Waals surface area contributed by atoms with Crippen LogP contribution in [0, 0.1) is 0 Å². The van der Waals surface area contributed by atoms with E-state index in [0.29, 0.717) is 0 Å². The molecule has 0 spiro atoms. The monoisotopic (exact) mass is 187 g/mol. The molecule has 0 saturated carbocycles. The van der Waals surface area contributed by atoms with Crippen molar-refractivity contribution in [3.8, 4) is 0 Å². The summed E-state index contributed by atoms with van der Waals surface area (Å²) in [6.45, 7) is 10.7. The fourth-order valence-corrected chi connectivity index (χ4v) is 1.20. The van der Waals surface area contributed by atoms with Crippen LogP contribution in [-0.4, -0.2) is 18.4 Å². The first kappa shape index (κ1) is 15.1. The maximum Gasteiger partial charge on any atom is 0.146 e. The minimum atomic E-state index is 0.166. The fourth-order valence-electron chi connectivity index (χ4n) is 1.20. The Morgan fingerprint density at radius 1 is 1.15 bits per heavy atom. The first-order valence-corrected chi connectivity index (χ1v) is 5.54. The van der Waals surface area contributed by atoms with Crippen molar-refractivity contribution in [3.05, 3.63) is 0 Å². The van der Waals surface area contributed by atoms with E-state index in [1.54, 1.807) is 6.92 Å². The van der Waals surface area contributed by atoms with E-state index >= 15 is 0 Å². The van der Waals surface area contributed by atoms with Gasteiger partial charge >= 0.3 is 0 Å². The molecule has 1 unspecified atom stereocenters. The molecule has 2 nitrogen and oxygen atoms in total. The van der Waals surface area contributed by atoms with Gasteiger partial charge in [0, 0.05) is 0 Å². The zero-order chi connectivity index (χ0) is 10.7. The van der Waals surface area contributed by atoms with Crippen LogP contribution in [0.4, 0.5) is 0 Å². The third-order valence-corrected chi connectivity index (χ3v) is 1.80. The highest BCUT2D eigenvalue weighted by Gasteiger charge is 2.15. The molecule has 1 N–H and O–H groups in total. The van der Waals surface area contributed by atoms with Gasteiger partial charge in [0.25, 0.3) is 0 Å². The van der Waals surface area contributed by atoms with Crippen LogP contribution < -0.4 is 5.32 Å². The Bertz CT molecular complexity index is 107. The van der Waals surface area contributed by atoms with Crippen molar-refractivity contribution in [2.75, 3.05) is 6.54 Å². The molecule has 1 fully saturated rings. The van der Waals surface area contributed by atoms with Crippen molar-refractivity contribution in [2.24, 2.45) is 0 Å². The van der Waals surface area contributed by atoms with E-state index in [9.17, 15) is 4.79 Å². The van der Waals surface area contributed by atoms with Gasteiger partial charge in [0.2, 0.25) is 0 Å². The molecular formula is C11H25NO. The number of nitrogens with one attached hydrogen (secondary N) is 1. The van der Waals surface area contributed by atoms with Gasteiger partial charge in [0.05, 0.1) is 6.04 Å². The first-order valence-electron chi connectivity index (χ1n) is 5.54. The third kappa shape index (κ3) is 7.97. The molecule has 1 saturated heterocycles. The third-order valence-electron chi connectivity index (χ3n) is 1.80. The zero-order valence-electron chi connectivity index (χ0n) is 9.81. The van der Waals surface area contributed by atoms with E-state index in [2.05, 4.69) is 5.32 Å². The van der Waals surface area contributed by atoms with E-state index in [1.807, 2.05) is 27.7 Å². The molecule has 0 aromatic heterocycles. The molecular weight excluding hydrogens is 162 g/mol. The average Bonchev–Trinajstić information content (AvgIpc) is 2.25. The fraction of sp³-hybridized carbons (Fsp3) is 0.909. The van der Waals surface area contributed by atoms with Gasteiger partial charge in [-0.1, -0.05) is 34.1 Å². The molecule has 1 atom stereocenters. The summed E-state index contributed by atoms with van der Waals surface area (Å²) in [5, 5.41) is 3.17. The number of hydrogen-bond donors (Lipinski definition) is 1. The van der Waals surface area contributed by atoms with Gasteiger partial charge in [-0.2, -0.15) is 0 Å². The first-order chi connectivity index (χ1) is 6.30. The molecule has 0 aliphatic carbocycles. The molecule has 0 amide bonds. The Labute approximate surface area is 83.1 Å². The van der Waals surface area contributed by atoms with E-state index in [-0.39, 0.29) is 11.8 Å². The van der Waals surface area contributed by atoms with Crippen LogP contribution >= 0.6 is 0 Å². The maximum atomic E-state index is 10.7.